The Morgan fingerprint density at radius 2 is 1.88 bits per heavy atom. The number of nitrogens with one attached hydrogen (secondary N) is 2. The predicted molar refractivity (Wildman–Crippen MR) is 149 cm³/mol. The largest absolute Gasteiger partial charge is 0.548 e. The van der Waals surface area contributed by atoms with Gasteiger partial charge in [-0.2, -0.15) is 0 Å². The van der Waals surface area contributed by atoms with Crippen molar-refractivity contribution in [2.75, 3.05) is 5.75 Å². The van der Waals surface area contributed by atoms with E-state index >= 15 is 0 Å². The Balaban J connectivity index is 1.28. The summed E-state index contributed by atoms with van der Waals surface area (Å²) < 4.78 is 11.2. The van der Waals surface area contributed by atoms with Crippen LogP contribution in [0.25, 0.3) is 10.9 Å². The topological polar surface area (TPSA) is 153 Å². The van der Waals surface area contributed by atoms with Crippen LogP contribution in [0.1, 0.15) is 49.5 Å². The number of aliphatic carboxylic acids is 1. The van der Waals surface area contributed by atoms with Crippen molar-refractivity contribution in [1.82, 2.24) is 25.4 Å². The third-order valence-electron chi connectivity index (χ3n) is 6.61. The number of nitrogens with zero attached hydrogens (tertiary/aromatic N) is 3. The molecule has 0 saturated heterocycles. The molecule has 11 nitrogen and oxygen atoms in total. The van der Waals surface area contributed by atoms with E-state index in [1.165, 1.54) is 4.90 Å². The molecule has 12 heteroatoms. The molecule has 0 spiro atoms. The van der Waals surface area contributed by atoms with Gasteiger partial charge in [-0.25, -0.2) is 4.79 Å². The van der Waals surface area contributed by atoms with Crippen molar-refractivity contribution in [1.29, 1.82) is 0 Å². The molecule has 4 aromatic rings. The number of H-pyrrole nitrogens is 1. The molecule has 214 valence electrons. The lowest BCUT2D eigenvalue weighted by Crippen LogP contribution is -2.54. The van der Waals surface area contributed by atoms with Crippen LogP contribution in [0.15, 0.2) is 64.2 Å². The summed E-state index contributed by atoms with van der Waals surface area (Å²) in [7, 11) is 0. The lowest BCUT2D eigenvalue weighted by atomic mass is 9.96. The molecule has 3 heterocycles. The van der Waals surface area contributed by atoms with E-state index in [1.807, 2.05) is 54.6 Å². The number of aromatic nitrogens is 3. The molecule has 1 aliphatic rings. The molecule has 0 bridgehead atoms. The van der Waals surface area contributed by atoms with Gasteiger partial charge < -0.3 is 34.3 Å². The number of alkyl carbamates (subject to hydrolysis) is 1. The van der Waals surface area contributed by atoms with Gasteiger partial charge >= 0.3 is 6.09 Å². The van der Waals surface area contributed by atoms with Crippen LogP contribution in [0.5, 0.6) is 0 Å². The summed E-state index contributed by atoms with van der Waals surface area (Å²) in [6.45, 7) is 5.42. The number of hydrogen-bond acceptors (Lipinski definition) is 9. The number of carbonyl (C=O) groups excluding carboxylic acids is 3. The van der Waals surface area contributed by atoms with Crippen molar-refractivity contribution in [3.8, 4) is 0 Å². The van der Waals surface area contributed by atoms with E-state index in [2.05, 4.69) is 20.5 Å². The average molecular weight is 577 g/mol. The lowest BCUT2D eigenvalue weighted by Gasteiger charge is -2.36. The number of amides is 2. The molecular weight excluding hydrogens is 546 g/mol. The van der Waals surface area contributed by atoms with Gasteiger partial charge in [0, 0.05) is 29.4 Å². The highest BCUT2D eigenvalue weighted by Crippen LogP contribution is 2.31. The number of benzene rings is 2. The predicted octanol–water partition coefficient (Wildman–Crippen LogP) is 3.15. The third kappa shape index (κ3) is 6.71. The monoisotopic (exact) mass is 576 g/mol. The summed E-state index contributed by atoms with van der Waals surface area (Å²) in [4.78, 5) is 42.3. The minimum atomic E-state index is -1.31. The standard InChI is InChI=1S/C29H31N5O6S/c1-29(2,3)40-27(38)31-21(13-17-9-5-4-6-10-17)25-32-33-28(39-25)41-16-24(35)34-15-22-19(14-23(34)26(36)37)18-11-7-8-12-20(18)30-22/h4-12,21,23,30H,13-16H2,1-3H3,(H,31,38)(H,36,37)/p-1/t21-,23+/m0/s1. The van der Waals surface area contributed by atoms with Gasteiger partial charge in [0.1, 0.15) is 11.6 Å². The number of hydrogen-bond donors (Lipinski definition) is 2. The fourth-order valence-electron chi connectivity index (χ4n) is 4.81. The highest BCUT2D eigenvalue weighted by Gasteiger charge is 2.33. The van der Waals surface area contributed by atoms with Crippen molar-refractivity contribution in [2.24, 2.45) is 0 Å². The maximum Gasteiger partial charge on any atom is 0.408 e. The quantitative estimate of drug-likeness (QED) is 0.301. The highest BCUT2D eigenvalue weighted by molar-refractivity contribution is 7.99. The van der Waals surface area contributed by atoms with Crippen LogP contribution in [0.4, 0.5) is 4.79 Å². The minimum Gasteiger partial charge on any atom is -0.548 e. The first-order chi connectivity index (χ1) is 19.6. The minimum absolute atomic E-state index is 0.116. The van der Waals surface area contributed by atoms with Gasteiger partial charge in [-0.15, -0.1) is 10.2 Å². The lowest BCUT2D eigenvalue weighted by molar-refractivity contribution is -0.311. The molecule has 0 unspecified atom stereocenters. The van der Waals surface area contributed by atoms with Crippen LogP contribution in [0.2, 0.25) is 0 Å². The Hall–Kier alpha value is -4.32. The molecule has 5 rings (SSSR count). The van der Waals surface area contributed by atoms with Crippen molar-refractivity contribution in [3.05, 3.63) is 77.3 Å². The molecule has 0 saturated carbocycles. The Bertz CT molecular complexity index is 1560. The van der Waals surface area contributed by atoms with Gasteiger partial charge in [0.25, 0.3) is 5.22 Å². The molecule has 2 amide bonds. The van der Waals surface area contributed by atoms with Crippen LogP contribution in [-0.2, 0) is 33.7 Å². The van der Waals surface area contributed by atoms with Crippen molar-refractivity contribution in [3.63, 3.8) is 0 Å². The van der Waals surface area contributed by atoms with Crippen LogP contribution >= 0.6 is 11.8 Å². The van der Waals surface area contributed by atoms with Crippen LogP contribution in [0, 0.1) is 0 Å². The Kier molecular flexibility index (Phi) is 8.02. The van der Waals surface area contributed by atoms with Gasteiger partial charge in [-0.05, 0) is 38.0 Å². The maximum absolute atomic E-state index is 13.2. The first-order valence-corrected chi connectivity index (χ1v) is 14.1. The van der Waals surface area contributed by atoms with E-state index in [0.29, 0.717) is 6.42 Å². The van der Waals surface area contributed by atoms with E-state index in [1.54, 1.807) is 20.8 Å². The molecular formula is C29H30N5O6S-. The first kappa shape index (κ1) is 28.2. The van der Waals surface area contributed by atoms with Crippen LogP contribution < -0.4 is 10.4 Å². The normalized spacial score (nSPS) is 15.8. The number of rotatable bonds is 8. The summed E-state index contributed by atoms with van der Waals surface area (Å²) in [5.41, 5.74) is 2.82. The SMILES string of the molecule is CC(C)(C)OC(=O)N[C@@H](Cc1ccccc1)c1nnc(SCC(=O)N2Cc3[nH]c4ccccc4c3C[C@@H]2C(=O)[O-])o1. The fourth-order valence-corrected chi connectivity index (χ4v) is 5.46. The molecule has 2 aromatic carbocycles. The summed E-state index contributed by atoms with van der Waals surface area (Å²) in [6, 6.07) is 15.4. The zero-order chi connectivity index (χ0) is 29.1. The van der Waals surface area contributed by atoms with Crippen LogP contribution in [-0.4, -0.2) is 55.4 Å². The molecule has 2 aromatic heterocycles. The second-order valence-corrected chi connectivity index (χ2v) is 11.7. The molecule has 0 aliphatic carbocycles. The molecule has 2 atom stereocenters. The Morgan fingerprint density at radius 3 is 2.61 bits per heavy atom. The van der Waals surface area contributed by atoms with Gasteiger partial charge in [0.2, 0.25) is 11.8 Å². The first-order valence-electron chi connectivity index (χ1n) is 13.2. The zero-order valence-corrected chi connectivity index (χ0v) is 23.7. The number of carbonyl (C=O) groups is 3. The van der Waals surface area contributed by atoms with E-state index in [-0.39, 0.29) is 29.8 Å². The van der Waals surface area contributed by atoms with Gasteiger partial charge in [-0.1, -0.05) is 60.3 Å². The number of thioether (sulfide) groups is 1. The molecule has 41 heavy (non-hydrogen) atoms. The molecule has 1 aliphatic heterocycles. The van der Waals surface area contributed by atoms with E-state index in [0.717, 1.165) is 39.5 Å². The van der Waals surface area contributed by atoms with Crippen molar-refractivity contribution >= 4 is 40.6 Å². The number of carboxylic acids is 1. The number of carboxylic acid groups (broad SMARTS) is 1. The Labute approximate surface area is 240 Å². The molecule has 0 radical (unpaired) electrons. The number of para-hydroxylation sites is 1. The second kappa shape index (κ2) is 11.7. The summed E-state index contributed by atoms with van der Waals surface area (Å²) in [5, 5.41) is 24.0. The van der Waals surface area contributed by atoms with Gasteiger partial charge in [0.15, 0.2) is 0 Å². The summed E-state index contributed by atoms with van der Waals surface area (Å²) >= 11 is 0.997. The number of ether oxygens (including phenoxy) is 1. The third-order valence-corrected chi connectivity index (χ3v) is 7.41. The fraction of sp³-hybridized carbons (Fsp3) is 0.345. The molecule has 2 N–H and O–H groups in total. The number of aromatic amines is 1. The molecule has 0 fully saturated rings. The van der Waals surface area contributed by atoms with E-state index in [4.69, 9.17) is 9.15 Å². The van der Waals surface area contributed by atoms with E-state index < -0.39 is 35.7 Å². The number of fused-ring (bicyclic) bond motifs is 3. The second-order valence-electron chi connectivity index (χ2n) is 10.8. The van der Waals surface area contributed by atoms with Gasteiger partial charge in [0.05, 0.1) is 24.3 Å². The van der Waals surface area contributed by atoms with Gasteiger partial charge in [-0.3, -0.25) is 4.79 Å². The smallest absolute Gasteiger partial charge is 0.408 e. The van der Waals surface area contributed by atoms with Crippen molar-refractivity contribution < 1.29 is 28.6 Å². The van der Waals surface area contributed by atoms with Crippen LogP contribution in [0.3, 0.4) is 0 Å². The summed E-state index contributed by atoms with van der Waals surface area (Å²) in [5.74, 6) is -1.68. The zero-order valence-electron chi connectivity index (χ0n) is 22.9. The van der Waals surface area contributed by atoms with E-state index in [9.17, 15) is 19.5 Å². The average Bonchev–Trinajstić information content (AvgIpc) is 3.54. The summed E-state index contributed by atoms with van der Waals surface area (Å²) in [6.07, 6.45) is -0.102. The highest BCUT2D eigenvalue weighted by atomic mass is 32.2. The Morgan fingerprint density at radius 1 is 1.15 bits per heavy atom. The maximum atomic E-state index is 13.2. The van der Waals surface area contributed by atoms with Crippen molar-refractivity contribution in [2.45, 2.75) is 63.1 Å².